The number of carbonyl (C=O) groups is 3. The number of aryl methyl sites for hydroxylation is 1. The monoisotopic (exact) mass is 702 g/mol. The number of carboxylic acid groups (broad SMARTS) is 1. The third kappa shape index (κ3) is 7.73. The summed E-state index contributed by atoms with van der Waals surface area (Å²) in [5, 5.41) is 15.1. The summed E-state index contributed by atoms with van der Waals surface area (Å²) in [7, 11) is 1.51. The summed E-state index contributed by atoms with van der Waals surface area (Å²) in [6, 6.07) is 14.0. The van der Waals surface area contributed by atoms with Crippen LogP contribution in [-0.4, -0.2) is 43.1 Å². The van der Waals surface area contributed by atoms with Crippen molar-refractivity contribution in [2.75, 3.05) is 10.0 Å². The van der Waals surface area contributed by atoms with E-state index in [9.17, 15) is 33.5 Å². The molecule has 50 heavy (non-hydrogen) atoms. The lowest BCUT2D eigenvalue weighted by Gasteiger charge is -2.17. The number of carboxylic acids is 1. The third-order valence-corrected chi connectivity index (χ3v) is 8.51. The van der Waals surface area contributed by atoms with E-state index in [-0.39, 0.29) is 29.1 Å². The third-order valence-electron chi connectivity index (χ3n) is 7.68. The lowest BCUT2D eigenvalue weighted by molar-refractivity contribution is -0.139. The van der Waals surface area contributed by atoms with Crippen LogP contribution in [0.3, 0.4) is 0 Å². The number of hydrogen-bond acceptors (Lipinski definition) is 8. The van der Waals surface area contributed by atoms with E-state index in [2.05, 4.69) is 20.3 Å². The average Bonchev–Trinajstić information content (AvgIpc) is 3.08. The molecule has 1 unspecified atom stereocenters. The maximum absolute atomic E-state index is 15.0. The highest BCUT2D eigenvalue weighted by Gasteiger charge is 2.25. The second-order valence-electron chi connectivity index (χ2n) is 12.4. The number of anilines is 2. The summed E-state index contributed by atoms with van der Waals surface area (Å²) in [5.41, 5.74) is -1.09. The normalized spacial score (nSPS) is 12.0. The van der Waals surface area contributed by atoms with Gasteiger partial charge in [-0.15, -0.1) is 0 Å². The van der Waals surface area contributed by atoms with Gasteiger partial charge in [-0.25, -0.2) is 22.9 Å². The Labute approximate surface area is 288 Å². The SMILES string of the molecule is Cn1c(=O)n(-c2ccc(CC(NC(=O)c3cc(F)c(NSc4ccc(NC(=O)C(C)(C)C)cc4)cc3F)C(=O)O)cc2)c(=O)c2ccncc21. The summed E-state index contributed by atoms with van der Waals surface area (Å²) in [6.07, 6.45) is 2.61. The summed E-state index contributed by atoms with van der Waals surface area (Å²) in [5.74, 6) is -4.76. The first-order valence-corrected chi connectivity index (χ1v) is 16.0. The molecule has 0 spiro atoms. The van der Waals surface area contributed by atoms with Gasteiger partial charge in [-0.3, -0.25) is 23.9 Å². The number of hydrogen-bond donors (Lipinski definition) is 4. The topological polar surface area (TPSA) is 164 Å². The maximum atomic E-state index is 15.0. The van der Waals surface area contributed by atoms with Crippen LogP contribution in [0.2, 0.25) is 0 Å². The molecule has 258 valence electrons. The number of nitrogens with one attached hydrogen (secondary N) is 3. The van der Waals surface area contributed by atoms with Crippen molar-refractivity contribution in [3.8, 4) is 5.69 Å². The van der Waals surface area contributed by atoms with Gasteiger partial charge in [0.05, 0.1) is 34.0 Å². The molecular weight excluding hydrogens is 670 g/mol. The first-order valence-electron chi connectivity index (χ1n) is 15.2. The van der Waals surface area contributed by atoms with Crippen LogP contribution in [0.15, 0.2) is 93.6 Å². The molecule has 15 heteroatoms. The minimum atomic E-state index is -1.52. The first-order chi connectivity index (χ1) is 23.6. The lowest BCUT2D eigenvalue weighted by Crippen LogP contribution is -2.42. The number of aliphatic carboxylic acids is 1. The lowest BCUT2D eigenvalue weighted by atomic mass is 9.95. The molecule has 5 aromatic rings. The highest BCUT2D eigenvalue weighted by Crippen LogP contribution is 2.27. The van der Waals surface area contributed by atoms with Crippen LogP contribution in [0.1, 0.15) is 36.7 Å². The fraction of sp³-hybridized carbons (Fsp3) is 0.200. The molecule has 1 atom stereocenters. The summed E-state index contributed by atoms with van der Waals surface area (Å²) < 4.78 is 34.9. The quantitative estimate of drug-likeness (QED) is 0.148. The molecule has 2 amide bonds. The molecule has 0 aliphatic rings. The van der Waals surface area contributed by atoms with E-state index in [0.29, 0.717) is 27.7 Å². The van der Waals surface area contributed by atoms with Crippen LogP contribution in [-0.2, 0) is 23.1 Å². The molecule has 5 rings (SSSR count). The molecule has 0 saturated heterocycles. The number of fused-ring (bicyclic) bond motifs is 1. The Kier molecular flexibility index (Phi) is 10.2. The van der Waals surface area contributed by atoms with Crippen molar-refractivity contribution in [2.24, 2.45) is 12.5 Å². The van der Waals surface area contributed by atoms with E-state index in [1.807, 2.05) is 0 Å². The van der Waals surface area contributed by atoms with Gasteiger partial charge >= 0.3 is 11.7 Å². The Morgan fingerprint density at radius 2 is 1.64 bits per heavy atom. The highest BCUT2D eigenvalue weighted by atomic mass is 32.2. The van der Waals surface area contributed by atoms with Gasteiger partial charge in [0.2, 0.25) is 5.91 Å². The summed E-state index contributed by atoms with van der Waals surface area (Å²) >= 11 is 0.974. The standard InChI is InChI=1S/C35H32F2N6O6S/c1-35(2,3)33(48)39-20-7-11-22(12-8-20)50-41-27-17-25(36)24(16-26(27)37)30(44)40-28(32(46)47)15-19-5-9-21(10-6-19)43-31(45)23-13-14-38-18-29(23)42(4)34(43)49/h5-14,16-18,28,41H,15H2,1-4H3,(H,39,48)(H,40,44)(H,46,47). The maximum Gasteiger partial charge on any atom is 0.335 e. The molecule has 3 aromatic carbocycles. The molecule has 2 aromatic heterocycles. The van der Waals surface area contributed by atoms with E-state index in [0.717, 1.165) is 22.6 Å². The number of pyridine rings is 1. The zero-order valence-corrected chi connectivity index (χ0v) is 28.1. The molecule has 0 fully saturated rings. The second-order valence-corrected chi connectivity index (χ2v) is 13.2. The smallest absolute Gasteiger partial charge is 0.335 e. The number of benzene rings is 3. The van der Waals surface area contributed by atoms with E-state index in [1.165, 1.54) is 54.3 Å². The van der Waals surface area contributed by atoms with E-state index in [1.54, 1.807) is 45.0 Å². The van der Waals surface area contributed by atoms with Gasteiger partial charge in [-0.1, -0.05) is 32.9 Å². The molecule has 12 nitrogen and oxygen atoms in total. The minimum Gasteiger partial charge on any atom is -0.480 e. The van der Waals surface area contributed by atoms with Crippen molar-refractivity contribution < 1.29 is 28.3 Å². The number of nitrogens with zero attached hydrogens (tertiary/aromatic N) is 3. The molecule has 0 radical (unpaired) electrons. The van der Waals surface area contributed by atoms with Crippen LogP contribution >= 0.6 is 11.9 Å². The van der Waals surface area contributed by atoms with Crippen LogP contribution in [0.25, 0.3) is 16.6 Å². The molecule has 0 bridgehead atoms. The predicted octanol–water partition coefficient (Wildman–Crippen LogP) is 4.89. The molecule has 0 saturated carbocycles. The molecule has 0 aliphatic carbocycles. The van der Waals surface area contributed by atoms with Gasteiger partial charge in [0.1, 0.15) is 17.7 Å². The second kappa shape index (κ2) is 14.3. The number of amides is 2. The van der Waals surface area contributed by atoms with Crippen LogP contribution in [0.5, 0.6) is 0 Å². The Morgan fingerprint density at radius 3 is 2.28 bits per heavy atom. The number of carbonyl (C=O) groups excluding carboxylic acids is 2. The Bertz CT molecular complexity index is 2230. The van der Waals surface area contributed by atoms with Crippen LogP contribution in [0, 0.1) is 17.0 Å². The van der Waals surface area contributed by atoms with E-state index >= 15 is 4.39 Å². The Hall–Kier alpha value is -5.83. The van der Waals surface area contributed by atoms with Gasteiger partial charge < -0.3 is 20.5 Å². The average molecular weight is 703 g/mol. The highest BCUT2D eigenvalue weighted by molar-refractivity contribution is 8.00. The fourth-order valence-corrected chi connectivity index (χ4v) is 5.47. The fourth-order valence-electron chi connectivity index (χ4n) is 4.81. The van der Waals surface area contributed by atoms with Crippen molar-refractivity contribution in [3.05, 3.63) is 123 Å². The molecule has 2 heterocycles. The van der Waals surface area contributed by atoms with E-state index < -0.39 is 51.8 Å². The van der Waals surface area contributed by atoms with Crippen molar-refractivity contribution in [2.45, 2.75) is 38.1 Å². The molecule has 4 N–H and O–H groups in total. The number of halogens is 2. The number of rotatable bonds is 10. The van der Waals surface area contributed by atoms with Crippen LogP contribution in [0.4, 0.5) is 20.2 Å². The summed E-state index contributed by atoms with van der Waals surface area (Å²) in [6.45, 7) is 5.36. The zero-order valence-electron chi connectivity index (χ0n) is 27.3. The summed E-state index contributed by atoms with van der Waals surface area (Å²) in [4.78, 5) is 67.8. The van der Waals surface area contributed by atoms with Gasteiger partial charge in [0.15, 0.2) is 0 Å². The predicted molar refractivity (Wildman–Crippen MR) is 186 cm³/mol. The van der Waals surface area contributed by atoms with Gasteiger partial charge in [0.25, 0.3) is 11.5 Å². The Morgan fingerprint density at radius 1 is 0.960 bits per heavy atom. The van der Waals surface area contributed by atoms with Crippen molar-refractivity contribution in [1.29, 1.82) is 0 Å². The largest absolute Gasteiger partial charge is 0.480 e. The zero-order chi connectivity index (χ0) is 36.3. The molecular formula is C35H32F2N6O6S. The van der Waals surface area contributed by atoms with Gasteiger partial charge in [-0.05, 0) is 66.0 Å². The molecule has 0 aliphatic heterocycles. The Balaban J connectivity index is 1.25. The van der Waals surface area contributed by atoms with Gasteiger partial charge in [-0.2, -0.15) is 0 Å². The first kappa shape index (κ1) is 35.5. The number of aromatic nitrogens is 3. The van der Waals surface area contributed by atoms with Crippen LogP contribution < -0.4 is 26.6 Å². The van der Waals surface area contributed by atoms with Crippen molar-refractivity contribution in [1.82, 2.24) is 19.4 Å². The van der Waals surface area contributed by atoms with Gasteiger partial charge in [0, 0.05) is 41.7 Å². The minimum absolute atomic E-state index is 0.162. The van der Waals surface area contributed by atoms with Crippen molar-refractivity contribution >= 4 is 52.0 Å². The van der Waals surface area contributed by atoms with E-state index in [4.69, 9.17) is 0 Å². The van der Waals surface area contributed by atoms with Crippen molar-refractivity contribution in [3.63, 3.8) is 0 Å².